The Hall–Kier alpha value is -2.09. The molecule has 0 saturated heterocycles. The summed E-state index contributed by atoms with van der Waals surface area (Å²) in [7, 11) is 0. The highest BCUT2D eigenvalue weighted by Gasteiger charge is 2.11. The van der Waals surface area contributed by atoms with Crippen molar-refractivity contribution in [3.05, 3.63) is 51.7 Å². The van der Waals surface area contributed by atoms with Crippen LogP contribution in [0.15, 0.2) is 24.4 Å². The van der Waals surface area contributed by atoms with E-state index < -0.39 is 16.6 Å². The van der Waals surface area contributed by atoms with Gasteiger partial charge in [-0.1, -0.05) is 0 Å². The van der Waals surface area contributed by atoms with Crippen LogP contribution in [-0.2, 0) is 6.54 Å². The lowest BCUT2D eigenvalue weighted by molar-refractivity contribution is -0.380. The molecule has 5 nitrogen and oxygen atoms in total. The van der Waals surface area contributed by atoms with Crippen LogP contribution in [0.3, 0.4) is 0 Å². The molecule has 0 amide bonds. The van der Waals surface area contributed by atoms with Gasteiger partial charge in [-0.15, -0.1) is 0 Å². The van der Waals surface area contributed by atoms with Crippen molar-refractivity contribution in [1.82, 2.24) is 4.98 Å². The minimum Gasteiger partial charge on any atom is -0.357 e. The molecular formula is C10H7F2N3O2S. The summed E-state index contributed by atoms with van der Waals surface area (Å²) in [6.07, 6.45) is 1.11. The molecule has 0 bridgehead atoms. The fraction of sp³-hybridized carbons (Fsp3) is 0.100. The summed E-state index contributed by atoms with van der Waals surface area (Å²) in [5, 5.41) is 13.3. The van der Waals surface area contributed by atoms with Crippen LogP contribution in [0.5, 0.6) is 0 Å². The van der Waals surface area contributed by atoms with E-state index in [0.717, 1.165) is 35.7 Å². The Labute approximate surface area is 104 Å². The number of aromatic nitrogens is 1. The van der Waals surface area contributed by atoms with Crippen molar-refractivity contribution in [3.63, 3.8) is 0 Å². The van der Waals surface area contributed by atoms with Crippen molar-refractivity contribution in [2.45, 2.75) is 6.54 Å². The van der Waals surface area contributed by atoms with Crippen molar-refractivity contribution in [2.24, 2.45) is 0 Å². The van der Waals surface area contributed by atoms with Gasteiger partial charge in [-0.25, -0.2) is 13.8 Å². The first-order chi connectivity index (χ1) is 8.56. The summed E-state index contributed by atoms with van der Waals surface area (Å²) >= 11 is 0.833. The molecule has 0 fully saturated rings. The van der Waals surface area contributed by atoms with E-state index in [1.54, 1.807) is 0 Å². The maximum atomic E-state index is 13.3. The smallest absolute Gasteiger partial charge is 0.345 e. The highest BCUT2D eigenvalue weighted by Crippen LogP contribution is 2.25. The molecular weight excluding hydrogens is 264 g/mol. The molecule has 0 aliphatic carbocycles. The number of hydrogen-bond donors (Lipinski definition) is 1. The number of thiazole rings is 1. The average Bonchev–Trinajstić information content (AvgIpc) is 2.79. The molecule has 18 heavy (non-hydrogen) atoms. The predicted octanol–water partition coefficient (Wildman–Crippen LogP) is 2.94. The third kappa shape index (κ3) is 2.77. The normalized spacial score (nSPS) is 10.3. The number of rotatable bonds is 4. The number of nitrogens with one attached hydrogen (secondary N) is 1. The molecule has 2 rings (SSSR count). The molecule has 0 radical (unpaired) electrons. The molecule has 0 atom stereocenters. The zero-order valence-electron chi connectivity index (χ0n) is 8.89. The van der Waals surface area contributed by atoms with E-state index in [1.807, 2.05) is 0 Å². The van der Waals surface area contributed by atoms with Crippen molar-refractivity contribution >= 4 is 21.5 Å². The minimum absolute atomic E-state index is 0.00820. The maximum Gasteiger partial charge on any atom is 0.345 e. The van der Waals surface area contributed by atoms with Crippen molar-refractivity contribution in [1.29, 1.82) is 0 Å². The summed E-state index contributed by atoms with van der Waals surface area (Å²) in [5.74, 6) is -1.09. The zero-order chi connectivity index (χ0) is 13.1. The predicted molar refractivity (Wildman–Crippen MR) is 62.5 cm³/mol. The lowest BCUT2D eigenvalue weighted by atomic mass is 10.2. The summed E-state index contributed by atoms with van der Waals surface area (Å²) in [5.41, 5.74) is 0.132. The van der Waals surface area contributed by atoms with Crippen LogP contribution >= 0.6 is 11.3 Å². The number of hydrogen-bond acceptors (Lipinski definition) is 5. The monoisotopic (exact) mass is 271 g/mol. The lowest BCUT2D eigenvalue weighted by Crippen LogP contribution is -2.01. The van der Waals surface area contributed by atoms with Crippen LogP contribution in [-0.4, -0.2) is 9.91 Å². The fourth-order valence-electron chi connectivity index (χ4n) is 1.28. The van der Waals surface area contributed by atoms with Crippen LogP contribution < -0.4 is 5.32 Å². The molecule has 0 aliphatic heterocycles. The minimum atomic E-state index is -0.564. The van der Waals surface area contributed by atoms with Gasteiger partial charge in [-0.2, -0.15) is 0 Å². The van der Waals surface area contributed by atoms with Crippen LogP contribution in [0.2, 0.25) is 0 Å². The maximum absolute atomic E-state index is 13.3. The van der Waals surface area contributed by atoms with E-state index in [0.29, 0.717) is 0 Å². The van der Waals surface area contributed by atoms with Gasteiger partial charge < -0.3 is 5.32 Å². The van der Waals surface area contributed by atoms with Crippen molar-refractivity contribution < 1.29 is 13.7 Å². The molecule has 8 heteroatoms. The Morgan fingerprint density at radius 2 is 2.22 bits per heavy atom. The third-order valence-electron chi connectivity index (χ3n) is 2.11. The molecule has 0 saturated carbocycles. The summed E-state index contributed by atoms with van der Waals surface area (Å²) < 4.78 is 26.2. The quantitative estimate of drug-likeness (QED) is 0.685. The van der Waals surface area contributed by atoms with Crippen LogP contribution in [0.25, 0.3) is 0 Å². The average molecular weight is 271 g/mol. The molecule has 0 aliphatic rings. The zero-order valence-corrected chi connectivity index (χ0v) is 9.71. The molecule has 2 aromatic rings. The molecule has 1 aromatic carbocycles. The van der Waals surface area contributed by atoms with Gasteiger partial charge in [0, 0.05) is 12.1 Å². The van der Waals surface area contributed by atoms with Gasteiger partial charge in [-0.3, -0.25) is 10.1 Å². The SMILES string of the molecule is O=[N+]([O-])c1cnc(NCc2cc(F)ccc2F)s1. The van der Waals surface area contributed by atoms with Crippen molar-refractivity contribution in [3.8, 4) is 0 Å². The molecule has 94 valence electrons. The van der Waals surface area contributed by atoms with Gasteiger partial charge in [0.25, 0.3) is 0 Å². The van der Waals surface area contributed by atoms with E-state index in [1.165, 1.54) is 0 Å². The van der Waals surface area contributed by atoms with E-state index in [-0.39, 0.29) is 22.2 Å². The van der Waals surface area contributed by atoms with E-state index in [4.69, 9.17) is 0 Å². The molecule has 0 spiro atoms. The van der Waals surface area contributed by atoms with E-state index in [9.17, 15) is 18.9 Å². The Morgan fingerprint density at radius 3 is 2.89 bits per heavy atom. The summed E-state index contributed by atoms with van der Waals surface area (Å²) in [4.78, 5) is 13.6. The highest BCUT2D eigenvalue weighted by molar-refractivity contribution is 7.18. The second kappa shape index (κ2) is 5.05. The first kappa shape index (κ1) is 12.4. The van der Waals surface area contributed by atoms with Crippen molar-refractivity contribution in [2.75, 3.05) is 5.32 Å². The van der Waals surface area contributed by atoms with Crippen LogP contribution in [0.1, 0.15) is 5.56 Å². The first-order valence-electron chi connectivity index (χ1n) is 4.84. The summed E-state index contributed by atoms with van der Waals surface area (Å²) in [6.45, 7) is 0.00820. The molecule has 1 N–H and O–H groups in total. The third-order valence-corrected chi connectivity index (χ3v) is 3.02. The Bertz CT molecular complexity index is 588. The number of nitro groups is 1. The van der Waals surface area contributed by atoms with Gasteiger partial charge in [0.1, 0.15) is 17.8 Å². The van der Waals surface area contributed by atoms with Gasteiger partial charge >= 0.3 is 5.00 Å². The van der Waals surface area contributed by atoms with Gasteiger partial charge in [0.05, 0.1) is 4.92 Å². The standard InChI is InChI=1S/C10H7F2N3O2S/c11-7-1-2-8(12)6(3-7)4-13-10-14-5-9(18-10)15(16)17/h1-3,5H,4H2,(H,13,14). The Balaban J connectivity index is 2.06. The lowest BCUT2D eigenvalue weighted by Gasteiger charge is -2.03. The van der Waals surface area contributed by atoms with E-state index >= 15 is 0 Å². The van der Waals surface area contributed by atoms with E-state index in [2.05, 4.69) is 10.3 Å². The highest BCUT2D eigenvalue weighted by atomic mass is 32.1. The first-order valence-corrected chi connectivity index (χ1v) is 5.66. The van der Waals surface area contributed by atoms with Gasteiger partial charge in [0.15, 0.2) is 5.13 Å². The van der Waals surface area contributed by atoms with Crippen LogP contribution in [0, 0.1) is 21.7 Å². The molecule has 1 aromatic heterocycles. The summed E-state index contributed by atoms with van der Waals surface area (Å²) in [6, 6.07) is 3.11. The molecule has 0 unspecified atom stereocenters. The van der Waals surface area contributed by atoms with Gasteiger partial charge in [0.2, 0.25) is 0 Å². The second-order valence-electron chi connectivity index (χ2n) is 3.35. The number of anilines is 1. The number of nitrogens with zero attached hydrogens (tertiary/aromatic N) is 2. The van der Waals surface area contributed by atoms with Gasteiger partial charge in [-0.05, 0) is 29.5 Å². The fourth-order valence-corrected chi connectivity index (χ4v) is 1.91. The largest absolute Gasteiger partial charge is 0.357 e. The number of benzene rings is 1. The topological polar surface area (TPSA) is 68.1 Å². The second-order valence-corrected chi connectivity index (χ2v) is 4.36. The molecule has 1 heterocycles. The van der Waals surface area contributed by atoms with Crippen LogP contribution in [0.4, 0.5) is 18.9 Å². The Kier molecular flexibility index (Phi) is 3.47. The number of halogens is 2. The Morgan fingerprint density at radius 1 is 1.44 bits per heavy atom.